The Labute approximate surface area is 101 Å². The first-order valence-electron chi connectivity index (χ1n) is 5.87. The van der Waals surface area contributed by atoms with Crippen molar-refractivity contribution in [1.29, 1.82) is 0 Å². The minimum absolute atomic E-state index is 0.164. The maximum atomic E-state index is 12.2. The van der Waals surface area contributed by atoms with Crippen molar-refractivity contribution in [2.24, 2.45) is 0 Å². The van der Waals surface area contributed by atoms with Crippen LogP contribution >= 0.6 is 0 Å². The van der Waals surface area contributed by atoms with Gasteiger partial charge in [-0.15, -0.1) is 6.58 Å². The Kier molecular flexibility index (Phi) is 3.88. The van der Waals surface area contributed by atoms with Crippen molar-refractivity contribution in [3.63, 3.8) is 0 Å². The number of carbonyl (C=O) groups excluding carboxylic acids is 2. The van der Waals surface area contributed by atoms with E-state index in [0.29, 0.717) is 6.54 Å². The van der Waals surface area contributed by atoms with Crippen molar-refractivity contribution in [2.45, 2.75) is 6.17 Å². The number of piperazine rings is 2. The van der Waals surface area contributed by atoms with Gasteiger partial charge in [0.2, 0.25) is 5.91 Å². The van der Waals surface area contributed by atoms with Crippen LogP contribution in [0.4, 0.5) is 0 Å². The summed E-state index contributed by atoms with van der Waals surface area (Å²) in [5.41, 5.74) is 0. The molecule has 6 heteroatoms. The Bertz CT molecular complexity index is 325. The van der Waals surface area contributed by atoms with E-state index in [1.54, 1.807) is 6.08 Å². The van der Waals surface area contributed by atoms with Crippen LogP contribution in [0.5, 0.6) is 0 Å². The normalized spacial score (nSPS) is 27.3. The van der Waals surface area contributed by atoms with Gasteiger partial charge in [-0.25, -0.2) is 0 Å². The summed E-state index contributed by atoms with van der Waals surface area (Å²) in [6, 6.07) is 0. The molecule has 2 saturated heterocycles. The lowest BCUT2D eigenvalue weighted by Crippen LogP contribution is -2.66. The van der Waals surface area contributed by atoms with Gasteiger partial charge in [0, 0.05) is 32.7 Å². The van der Waals surface area contributed by atoms with E-state index in [0.717, 1.165) is 26.2 Å². The van der Waals surface area contributed by atoms with Crippen molar-refractivity contribution in [3.05, 3.63) is 12.7 Å². The van der Waals surface area contributed by atoms with Gasteiger partial charge in [0.1, 0.15) is 6.17 Å². The molecule has 0 bridgehead atoms. The molecule has 1 atom stereocenters. The molecule has 17 heavy (non-hydrogen) atoms. The first kappa shape index (κ1) is 12.2. The van der Waals surface area contributed by atoms with Crippen LogP contribution in [0.3, 0.4) is 0 Å². The molecule has 0 aromatic heterocycles. The predicted molar refractivity (Wildman–Crippen MR) is 63.2 cm³/mol. The lowest BCUT2D eigenvalue weighted by Gasteiger charge is -2.39. The Hall–Kier alpha value is -1.24. The van der Waals surface area contributed by atoms with Crippen molar-refractivity contribution >= 4 is 11.8 Å². The number of hydrogen-bond donors (Lipinski definition) is 2. The predicted octanol–water partition coefficient (Wildman–Crippen LogP) is -1.64. The molecule has 94 valence electrons. The third-order valence-electron chi connectivity index (χ3n) is 3.08. The zero-order valence-corrected chi connectivity index (χ0v) is 9.82. The molecule has 2 amide bonds. The average Bonchev–Trinajstić information content (AvgIpc) is 2.36. The van der Waals surface area contributed by atoms with Gasteiger partial charge in [0.25, 0.3) is 5.91 Å². The molecule has 0 radical (unpaired) electrons. The van der Waals surface area contributed by atoms with Gasteiger partial charge in [-0.05, 0) is 0 Å². The zero-order chi connectivity index (χ0) is 12.3. The third kappa shape index (κ3) is 2.54. The number of hydrogen-bond acceptors (Lipinski definition) is 5. The Morgan fingerprint density at radius 3 is 2.71 bits per heavy atom. The second-order valence-electron chi connectivity index (χ2n) is 4.20. The van der Waals surface area contributed by atoms with Crippen molar-refractivity contribution < 1.29 is 9.59 Å². The molecule has 2 aliphatic rings. The number of amides is 2. The fourth-order valence-electron chi connectivity index (χ4n) is 2.18. The summed E-state index contributed by atoms with van der Waals surface area (Å²) in [5, 5.41) is 6.24. The van der Waals surface area contributed by atoms with Gasteiger partial charge in [-0.1, -0.05) is 6.08 Å². The highest BCUT2D eigenvalue weighted by molar-refractivity contribution is 6.01. The number of carbonyl (C=O) groups is 2. The topological polar surface area (TPSA) is 64.7 Å². The molecule has 0 saturated carbocycles. The third-order valence-corrected chi connectivity index (χ3v) is 3.08. The van der Waals surface area contributed by atoms with Crippen LogP contribution in [0.2, 0.25) is 0 Å². The van der Waals surface area contributed by atoms with Crippen LogP contribution in [-0.2, 0) is 9.59 Å². The Balaban J connectivity index is 2.05. The van der Waals surface area contributed by atoms with E-state index < -0.39 is 0 Å². The highest BCUT2D eigenvalue weighted by Gasteiger charge is 2.36. The molecule has 1 unspecified atom stereocenters. The summed E-state index contributed by atoms with van der Waals surface area (Å²) in [6.07, 6.45) is 1.21. The van der Waals surface area contributed by atoms with Crippen LogP contribution < -0.4 is 10.6 Å². The van der Waals surface area contributed by atoms with Crippen LogP contribution in [0.1, 0.15) is 0 Å². The Morgan fingerprint density at radius 2 is 2.06 bits per heavy atom. The summed E-state index contributed by atoms with van der Waals surface area (Å²) < 4.78 is 0. The lowest BCUT2D eigenvalue weighted by atomic mass is 10.2. The van der Waals surface area contributed by atoms with Gasteiger partial charge in [0.05, 0.1) is 6.54 Å². The molecule has 0 aromatic carbocycles. The van der Waals surface area contributed by atoms with Gasteiger partial charge >= 0.3 is 0 Å². The van der Waals surface area contributed by atoms with Crippen molar-refractivity contribution in [2.75, 3.05) is 39.3 Å². The van der Waals surface area contributed by atoms with Gasteiger partial charge in [-0.3, -0.25) is 24.7 Å². The average molecular weight is 238 g/mol. The van der Waals surface area contributed by atoms with Crippen molar-refractivity contribution in [1.82, 2.24) is 20.4 Å². The fraction of sp³-hybridized carbons (Fsp3) is 0.636. The molecule has 6 nitrogen and oxygen atoms in total. The highest BCUT2D eigenvalue weighted by Crippen LogP contribution is 2.08. The summed E-state index contributed by atoms with van der Waals surface area (Å²) in [6.45, 7) is 7.47. The molecule has 2 fully saturated rings. The number of nitrogens with one attached hydrogen (secondary N) is 2. The summed E-state index contributed by atoms with van der Waals surface area (Å²) in [4.78, 5) is 27.1. The van der Waals surface area contributed by atoms with Crippen LogP contribution in [-0.4, -0.2) is 67.0 Å². The standard InChI is InChI=1S/C11H18N4O2/c1-2-5-15-9(16)8-13-10(11(15)17)14-6-3-12-4-7-14/h2,10,12-13H,1,3-8H2. The summed E-state index contributed by atoms with van der Waals surface area (Å²) >= 11 is 0. The molecule has 2 aliphatic heterocycles. The van der Waals surface area contributed by atoms with Gasteiger partial charge < -0.3 is 5.32 Å². The molecular formula is C11H18N4O2. The molecule has 0 aliphatic carbocycles. The first-order chi connectivity index (χ1) is 8.24. The highest BCUT2D eigenvalue weighted by atomic mass is 16.2. The van der Waals surface area contributed by atoms with E-state index in [1.165, 1.54) is 4.90 Å². The molecule has 2 N–H and O–H groups in total. The summed E-state index contributed by atoms with van der Waals surface area (Å²) in [7, 11) is 0. The molecule has 2 rings (SSSR count). The maximum absolute atomic E-state index is 12.2. The minimum atomic E-state index is -0.366. The molecule has 0 aromatic rings. The molecular weight excluding hydrogens is 220 g/mol. The smallest absolute Gasteiger partial charge is 0.261 e. The van der Waals surface area contributed by atoms with Crippen LogP contribution in [0.15, 0.2) is 12.7 Å². The monoisotopic (exact) mass is 238 g/mol. The fourth-order valence-corrected chi connectivity index (χ4v) is 2.18. The minimum Gasteiger partial charge on any atom is -0.314 e. The second-order valence-corrected chi connectivity index (χ2v) is 4.20. The number of rotatable bonds is 3. The number of nitrogens with zero attached hydrogens (tertiary/aromatic N) is 2. The number of imide groups is 1. The van der Waals surface area contributed by atoms with Crippen molar-refractivity contribution in [3.8, 4) is 0 Å². The molecule has 2 heterocycles. The van der Waals surface area contributed by atoms with Crippen LogP contribution in [0.25, 0.3) is 0 Å². The lowest BCUT2D eigenvalue weighted by molar-refractivity contribution is -0.152. The van der Waals surface area contributed by atoms with Gasteiger partial charge in [-0.2, -0.15) is 0 Å². The zero-order valence-electron chi connectivity index (χ0n) is 9.82. The van der Waals surface area contributed by atoms with Gasteiger partial charge in [0.15, 0.2) is 0 Å². The Morgan fingerprint density at radius 1 is 1.35 bits per heavy atom. The van der Waals surface area contributed by atoms with Crippen LogP contribution in [0, 0.1) is 0 Å². The SMILES string of the molecule is C=CCN1C(=O)CNC(N2CCNCC2)C1=O. The largest absolute Gasteiger partial charge is 0.314 e. The first-order valence-corrected chi connectivity index (χ1v) is 5.87. The van der Waals surface area contributed by atoms with E-state index in [-0.39, 0.29) is 24.5 Å². The van der Waals surface area contributed by atoms with E-state index in [1.807, 2.05) is 0 Å². The quantitative estimate of drug-likeness (QED) is 0.456. The maximum Gasteiger partial charge on any atom is 0.261 e. The van der Waals surface area contributed by atoms with E-state index >= 15 is 0 Å². The van der Waals surface area contributed by atoms with E-state index in [4.69, 9.17) is 0 Å². The molecule has 0 spiro atoms. The van der Waals surface area contributed by atoms with E-state index in [2.05, 4.69) is 22.1 Å². The second kappa shape index (κ2) is 5.39. The van der Waals surface area contributed by atoms with E-state index in [9.17, 15) is 9.59 Å². The summed E-state index contributed by atoms with van der Waals surface area (Å²) in [5.74, 6) is -0.343.